The lowest BCUT2D eigenvalue weighted by Gasteiger charge is -2.24. The molecule has 1 aliphatic heterocycles. The number of carbonyl (C=O) groups is 1. The van der Waals surface area contributed by atoms with E-state index in [0.29, 0.717) is 20.6 Å². The zero-order chi connectivity index (χ0) is 23.7. The van der Waals surface area contributed by atoms with E-state index in [1.807, 2.05) is 31.2 Å². The molecule has 33 heavy (non-hydrogen) atoms. The molecular formula is C24H21N3O5S. The van der Waals surface area contributed by atoms with Crippen LogP contribution in [0.3, 0.4) is 0 Å². The smallest absolute Gasteiger partial charge is 0.338 e. The van der Waals surface area contributed by atoms with Crippen LogP contribution in [-0.4, -0.2) is 22.1 Å². The van der Waals surface area contributed by atoms with Gasteiger partial charge < -0.3 is 4.74 Å². The van der Waals surface area contributed by atoms with Crippen molar-refractivity contribution in [3.63, 3.8) is 0 Å². The Balaban J connectivity index is 1.97. The highest BCUT2D eigenvalue weighted by Gasteiger charge is 2.34. The third kappa shape index (κ3) is 4.27. The van der Waals surface area contributed by atoms with Gasteiger partial charge in [-0.25, -0.2) is 9.79 Å². The number of ether oxygens (including phenoxy) is 1. The second-order valence-corrected chi connectivity index (χ2v) is 8.57. The van der Waals surface area contributed by atoms with Gasteiger partial charge in [-0.05, 0) is 38.0 Å². The molecule has 0 spiro atoms. The van der Waals surface area contributed by atoms with E-state index in [9.17, 15) is 19.7 Å². The first-order valence-corrected chi connectivity index (χ1v) is 11.1. The standard InChI is InChI=1S/C24H21N3O5S/c1-4-32-23(29)20-15(3)25-24-26(21(20)17-6-5-7-18(13-17)27(30)31)22(28)19(33-24)12-16-10-8-14(2)9-11-16/h5-13,21H,4H2,1-3H3/b19-12-/t21-/m1/s1. The van der Waals surface area contributed by atoms with E-state index in [2.05, 4.69) is 4.99 Å². The number of fused-ring (bicyclic) bond motifs is 1. The minimum Gasteiger partial charge on any atom is -0.463 e. The van der Waals surface area contributed by atoms with E-state index in [1.165, 1.54) is 34.1 Å². The number of nitro groups is 1. The van der Waals surface area contributed by atoms with Crippen molar-refractivity contribution in [1.29, 1.82) is 0 Å². The average Bonchev–Trinajstić information content (AvgIpc) is 3.09. The maximum Gasteiger partial charge on any atom is 0.338 e. The fourth-order valence-electron chi connectivity index (χ4n) is 3.73. The SMILES string of the molecule is CCOC(=O)C1=C(C)N=c2s/c(=C\c3ccc(C)cc3)c(=O)n2[C@@H]1c1cccc([N+](=O)[O-])c1. The number of thiazole rings is 1. The Bertz CT molecular complexity index is 1460. The van der Waals surface area contributed by atoms with Gasteiger partial charge in [0.1, 0.15) is 0 Å². The molecule has 0 unspecified atom stereocenters. The van der Waals surface area contributed by atoms with Gasteiger partial charge in [0.25, 0.3) is 11.2 Å². The predicted octanol–water partition coefficient (Wildman–Crippen LogP) is 3.01. The van der Waals surface area contributed by atoms with Crippen molar-refractivity contribution in [2.24, 2.45) is 4.99 Å². The van der Waals surface area contributed by atoms with Gasteiger partial charge in [0.15, 0.2) is 4.80 Å². The number of allylic oxidation sites excluding steroid dienone is 1. The normalized spacial score (nSPS) is 15.7. The summed E-state index contributed by atoms with van der Waals surface area (Å²) < 4.78 is 7.11. The molecule has 2 aromatic carbocycles. The van der Waals surface area contributed by atoms with Crippen LogP contribution in [0.15, 0.2) is 69.6 Å². The number of nitrogens with zero attached hydrogens (tertiary/aromatic N) is 3. The van der Waals surface area contributed by atoms with Crippen LogP contribution < -0.4 is 14.9 Å². The van der Waals surface area contributed by atoms with Gasteiger partial charge in [0.05, 0.1) is 33.4 Å². The number of hydrogen-bond acceptors (Lipinski definition) is 7. The van der Waals surface area contributed by atoms with Crippen LogP contribution in [0.2, 0.25) is 0 Å². The van der Waals surface area contributed by atoms with Crippen LogP contribution in [0, 0.1) is 17.0 Å². The first kappa shape index (κ1) is 22.3. The summed E-state index contributed by atoms with van der Waals surface area (Å²) in [6.07, 6.45) is 1.77. The van der Waals surface area contributed by atoms with Crippen molar-refractivity contribution in [3.05, 3.63) is 106 Å². The Morgan fingerprint density at radius 3 is 2.64 bits per heavy atom. The molecule has 1 aromatic heterocycles. The van der Waals surface area contributed by atoms with Crippen LogP contribution in [0.25, 0.3) is 6.08 Å². The van der Waals surface area contributed by atoms with E-state index in [-0.39, 0.29) is 23.4 Å². The third-order valence-corrected chi connectivity index (χ3v) is 6.27. The molecule has 4 rings (SSSR count). The molecule has 1 aliphatic rings. The number of hydrogen-bond donors (Lipinski definition) is 0. The van der Waals surface area contributed by atoms with Crippen molar-refractivity contribution in [3.8, 4) is 0 Å². The van der Waals surface area contributed by atoms with Crippen LogP contribution in [0.4, 0.5) is 5.69 Å². The molecule has 1 atom stereocenters. The summed E-state index contributed by atoms with van der Waals surface area (Å²) in [5.74, 6) is -0.608. The van der Waals surface area contributed by atoms with E-state index < -0.39 is 16.9 Å². The van der Waals surface area contributed by atoms with Gasteiger partial charge >= 0.3 is 5.97 Å². The highest BCUT2D eigenvalue weighted by molar-refractivity contribution is 7.07. The fourth-order valence-corrected chi connectivity index (χ4v) is 4.78. The van der Waals surface area contributed by atoms with E-state index in [1.54, 1.807) is 26.0 Å². The van der Waals surface area contributed by atoms with Crippen LogP contribution in [0.5, 0.6) is 0 Å². The number of rotatable bonds is 5. The molecule has 0 bridgehead atoms. The molecule has 9 heteroatoms. The van der Waals surface area contributed by atoms with Crippen molar-refractivity contribution >= 4 is 29.1 Å². The number of nitro benzene ring substituents is 1. The van der Waals surface area contributed by atoms with Gasteiger partial charge in [0.2, 0.25) is 0 Å². The first-order valence-electron chi connectivity index (χ1n) is 10.3. The Kier molecular flexibility index (Phi) is 6.06. The lowest BCUT2D eigenvalue weighted by atomic mass is 9.95. The lowest BCUT2D eigenvalue weighted by Crippen LogP contribution is -2.39. The predicted molar refractivity (Wildman–Crippen MR) is 125 cm³/mol. The number of carbonyl (C=O) groups excluding carboxylic acids is 1. The Hall–Kier alpha value is -3.85. The quantitative estimate of drug-likeness (QED) is 0.329. The van der Waals surface area contributed by atoms with E-state index in [4.69, 9.17) is 4.74 Å². The summed E-state index contributed by atoms with van der Waals surface area (Å²) >= 11 is 1.21. The second-order valence-electron chi connectivity index (χ2n) is 7.57. The Labute approximate surface area is 192 Å². The largest absolute Gasteiger partial charge is 0.463 e. The summed E-state index contributed by atoms with van der Waals surface area (Å²) in [5, 5.41) is 11.4. The van der Waals surface area contributed by atoms with Gasteiger partial charge in [-0.2, -0.15) is 0 Å². The van der Waals surface area contributed by atoms with Crippen molar-refractivity contribution < 1.29 is 14.5 Å². The molecule has 0 amide bonds. The topological polar surface area (TPSA) is 104 Å². The molecule has 0 saturated heterocycles. The molecule has 8 nitrogen and oxygen atoms in total. The molecule has 2 heterocycles. The van der Waals surface area contributed by atoms with Gasteiger partial charge in [-0.1, -0.05) is 53.3 Å². The van der Waals surface area contributed by atoms with Crippen LogP contribution in [-0.2, 0) is 9.53 Å². The number of aryl methyl sites for hydroxylation is 1. The Morgan fingerprint density at radius 2 is 1.97 bits per heavy atom. The molecular weight excluding hydrogens is 442 g/mol. The van der Waals surface area contributed by atoms with Crippen molar-refractivity contribution in [1.82, 2.24) is 4.57 Å². The molecule has 3 aromatic rings. The maximum absolute atomic E-state index is 13.5. The average molecular weight is 464 g/mol. The van der Waals surface area contributed by atoms with E-state index in [0.717, 1.165) is 11.1 Å². The van der Waals surface area contributed by atoms with Crippen molar-refractivity contribution in [2.45, 2.75) is 26.8 Å². The Morgan fingerprint density at radius 1 is 1.24 bits per heavy atom. The first-order chi connectivity index (χ1) is 15.8. The van der Waals surface area contributed by atoms with Crippen LogP contribution in [0.1, 0.15) is 36.6 Å². The van der Waals surface area contributed by atoms with Crippen LogP contribution >= 0.6 is 11.3 Å². The number of esters is 1. The molecule has 168 valence electrons. The van der Waals surface area contributed by atoms with Gasteiger partial charge in [-0.15, -0.1) is 0 Å². The fraction of sp³-hybridized carbons (Fsp3) is 0.208. The molecule has 0 N–H and O–H groups in total. The zero-order valence-corrected chi connectivity index (χ0v) is 19.1. The minimum atomic E-state index is -0.889. The molecule has 0 fully saturated rings. The maximum atomic E-state index is 13.5. The number of non-ortho nitro benzene ring substituents is 1. The van der Waals surface area contributed by atoms with Gasteiger partial charge in [-0.3, -0.25) is 19.5 Å². The lowest BCUT2D eigenvalue weighted by molar-refractivity contribution is -0.384. The molecule has 0 radical (unpaired) electrons. The summed E-state index contributed by atoms with van der Waals surface area (Å²) in [7, 11) is 0. The van der Waals surface area contributed by atoms with E-state index >= 15 is 0 Å². The second kappa shape index (κ2) is 8.95. The monoisotopic (exact) mass is 463 g/mol. The summed E-state index contributed by atoms with van der Waals surface area (Å²) in [4.78, 5) is 42.2. The molecule has 0 aliphatic carbocycles. The molecule has 0 saturated carbocycles. The highest BCUT2D eigenvalue weighted by atomic mass is 32.1. The summed E-state index contributed by atoms with van der Waals surface area (Å²) in [6.45, 7) is 5.49. The number of benzene rings is 2. The van der Waals surface area contributed by atoms with Crippen molar-refractivity contribution in [2.75, 3.05) is 6.61 Å². The summed E-state index contributed by atoms with van der Waals surface area (Å²) in [6, 6.07) is 12.8. The third-order valence-electron chi connectivity index (χ3n) is 5.29. The number of aromatic nitrogens is 1. The van der Waals surface area contributed by atoms with Gasteiger partial charge in [0, 0.05) is 12.1 Å². The summed E-state index contributed by atoms with van der Waals surface area (Å²) in [5.41, 5.74) is 2.54. The highest BCUT2D eigenvalue weighted by Crippen LogP contribution is 2.32. The zero-order valence-electron chi connectivity index (χ0n) is 18.3. The minimum absolute atomic E-state index is 0.132.